The van der Waals surface area contributed by atoms with E-state index in [1.54, 1.807) is 0 Å². The van der Waals surface area contributed by atoms with Crippen LogP contribution in [0.25, 0.3) is 0 Å². The van der Waals surface area contributed by atoms with Crippen molar-refractivity contribution in [3.63, 3.8) is 0 Å². The van der Waals surface area contributed by atoms with Crippen LogP contribution in [0.1, 0.15) is 18.4 Å². The fraction of sp³-hybridized carbons (Fsp3) is 0.417. The number of piperidine rings is 1. The highest BCUT2D eigenvalue weighted by Crippen LogP contribution is 2.41. The zero-order valence-electron chi connectivity index (χ0n) is 8.95. The van der Waals surface area contributed by atoms with E-state index in [1.165, 1.54) is 5.56 Å². The summed E-state index contributed by atoms with van der Waals surface area (Å²) in [7, 11) is 0. The fourth-order valence-electron chi connectivity index (χ4n) is 2.70. The molecule has 1 amide bonds. The van der Waals surface area contributed by atoms with Gasteiger partial charge < -0.3 is 10.6 Å². The molecule has 86 valence electrons. The van der Waals surface area contributed by atoms with Crippen LogP contribution in [0.3, 0.4) is 0 Å². The lowest BCUT2D eigenvalue weighted by molar-refractivity contribution is -0.121. The second-order valence-electron chi connectivity index (χ2n) is 4.36. The number of halogens is 1. The van der Waals surface area contributed by atoms with Crippen LogP contribution in [0, 0.1) is 0 Å². The summed E-state index contributed by atoms with van der Waals surface area (Å²) in [5.41, 5.74) is 1.86. The first-order valence-corrected chi connectivity index (χ1v) is 5.45. The van der Waals surface area contributed by atoms with Gasteiger partial charge in [-0.25, -0.2) is 0 Å². The fourth-order valence-corrected chi connectivity index (χ4v) is 2.70. The lowest BCUT2D eigenvalue weighted by atomic mass is 9.76. The van der Waals surface area contributed by atoms with Gasteiger partial charge in [0.1, 0.15) is 0 Å². The van der Waals surface area contributed by atoms with Crippen LogP contribution in [0.5, 0.6) is 0 Å². The summed E-state index contributed by atoms with van der Waals surface area (Å²) in [6.45, 7) is 1.80. The number of para-hydroxylation sites is 1. The van der Waals surface area contributed by atoms with Crippen LogP contribution in [-0.2, 0) is 10.2 Å². The molecular formula is C12H15ClN2O. The molecular weight excluding hydrogens is 224 g/mol. The minimum absolute atomic E-state index is 0. The number of hydrogen-bond acceptors (Lipinski definition) is 2. The number of nitrogens with one attached hydrogen (secondary N) is 2. The summed E-state index contributed by atoms with van der Waals surface area (Å²) < 4.78 is 0. The number of anilines is 1. The molecule has 1 aromatic carbocycles. The first kappa shape index (κ1) is 11.4. The maximum Gasteiger partial charge on any atom is 0.236 e. The minimum Gasteiger partial charge on any atom is -0.325 e. The van der Waals surface area contributed by atoms with E-state index < -0.39 is 0 Å². The molecule has 1 aromatic rings. The second kappa shape index (κ2) is 4.07. The number of amides is 1. The Hall–Kier alpha value is -1.06. The van der Waals surface area contributed by atoms with Crippen molar-refractivity contribution in [2.75, 3.05) is 18.4 Å². The van der Waals surface area contributed by atoms with Gasteiger partial charge in [0.2, 0.25) is 5.91 Å². The summed E-state index contributed by atoms with van der Waals surface area (Å²) >= 11 is 0. The van der Waals surface area contributed by atoms with Gasteiger partial charge in [0.05, 0.1) is 5.41 Å². The second-order valence-corrected chi connectivity index (χ2v) is 4.36. The molecule has 1 atom stereocenters. The van der Waals surface area contributed by atoms with Gasteiger partial charge in [-0.2, -0.15) is 0 Å². The predicted octanol–water partition coefficient (Wildman–Crippen LogP) is 1.68. The topological polar surface area (TPSA) is 41.1 Å². The molecule has 3 nitrogen and oxygen atoms in total. The van der Waals surface area contributed by atoms with Crippen molar-refractivity contribution >= 4 is 24.0 Å². The quantitative estimate of drug-likeness (QED) is 0.722. The molecule has 2 N–H and O–H groups in total. The Kier molecular flexibility index (Phi) is 2.91. The van der Waals surface area contributed by atoms with Gasteiger partial charge in [0, 0.05) is 12.2 Å². The van der Waals surface area contributed by atoms with Crippen LogP contribution >= 0.6 is 12.4 Å². The van der Waals surface area contributed by atoms with Crippen LogP contribution in [0.2, 0.25) is 0 Å². The largest absolute Gasteiger partial charge is 0.325 e. The molecule has 2 aliphatic heterocycles. The number of carbonyl (C=O) groups is 1. The van der Waals surface area contributed by atoms with Crippen molar-refractivity contribution in [3.05, 3.63) is 29.8 Å². The van der Waals surface area contributed by atoms with Crippen LogP contribution in [0.4, 0.5) is 5.69 Å². The van der Waals surface area contributed by atoms with E-state index in [-0.39, 0.29) is 23.7 Å². The SMILES string of the molecule is Cl.O=C1Nc2ccccc2C12CCCNC2. The highest BCUT2D eigenvalue weighted by molar-refractivity contribution is 6.06. The van der Waals surface area contributed by atoms with E-state index in [4.69, 9.17) is 0 Å². The molecule has 3 rings (SSSR count). The first-order chi connectivity index (χ1) is 7.33. The molecule has 0 aliphatic carbocycles. The molecule has 16 heavy (non-hydrogen) atoms. The first-order valence-electron chi connectivity index (χ1n) is 5.45. The van der Waals surface area contributed by atoms with E-state index in [0.29, 0.717) is 0 Å². The minimum atomic E-state index is -0.297. The number of carbonyl (C=O) groups excluding carboxylic acids is 1. The third-order valence-electron chi connectivity index (χ3n) is 3.51. The van der Waals surface area contributed by atoms with Gasteiger partial charge in [0.15, 0.2) is 0 Å². The smallest absolute Gasteiger partial charge is 0.236 e. The van der Waals surface area contributed by atoms with E-state index in [0.717, 1.165) is 31.6 Å². The van der Waals surface area contributed by atoms with Crippen LogP contribution in [-0.4, -0.2) is 19.0 Å². The summed E-state index contributed by atoms with van der Waals surface area (Å²) in [5.74, 6) is 0.163. The van der Waals surface area contributed by atoms with Gasteiger partial charge in [0.25, 0.3) is 0 Å². The van der Waals surface area contributed by atoms with Gasteiger partial charge in [-0.1, -0.05) is 18.2 Å². The molecule has 2 heterocycles. The third-order valence-corrected chi connectivity index (χ3v) is 3.51. The van der Waals surface area contributed by atoms with Gasteiger partial charge >= 0.3 is 0 Å². The van der Waals surface area contributed by atoms with Crippen molar-refractivity contribution in [2.24, 2.45) is 0 Å². The molecule has 0 radical (unpaired) electrons. The van der Waals surface area contributed by atoms with Crippen LogP contribution in [0.15, 0.2) is 24.3 Å². The molecule has 0 aromatic heterocycles. The average molecular weight is 239 g/mol. The zero-order valence-corrected chi connectivity index (χ0v) is 9.77. The van der Waals surface area contributed by atoms with Gasteiger partial charge in [-0.05, 0) is 31.0 Å². The van der Waals surface area contributed by atoms with E-state index in [2.05, 4.69) is 16.7 Å². The summed E-state index contributed by atoms with van der Waals surface area (Å²) in [6, 6.07) is 8.03. The van der Waals surface area contributed by atoms with Crippen molar-refractivity contribution < 1.29 is 4.79 Å². The molecule has 0 saturated carbocycles. The van der Waals surface area contributed by atoms with E-state index in [1.807, 2.05) is 18.2 Å². The van der Waals surface area contributed by atoms with Crippen LogP contribution < -0.4 is 10.6 Å². The third kappa shape index (κ3) is 1.43. The van der Waals surface area contributed by atoms with Crippen molar-refractivity contribution in [2.45, 2.75) is 18.3 Å². The Morgan fingerprint density at radius 1 is 1.25 bits per heavy atom. The predicted molar refractivity (Wildman–Crippen MR) is 66.1 cm³/mol. The van der Waals surface area contributed by atoms with Gasteiger partial charge in [-0.3, -0.25) is 4.79 Å². The van der Waals surface area contributed by atoms with Crippen molar-refractivity contribution in [1.82, 2.24) is 5.32 Å². The van der Waals surface area contributed by atoms with Crippen molar-refractivity contribution in [3.8, 4) is 0 Å². The maximum absolute atomic E-state index is 12.1. The molecule has 1 spiro atoms. The molecule has 4 heteroatoms. The lowest BCUT2D eigenvalue weighted by Gasteiger charge is -2.31. The van der Waals surface area contributed by atoms with E-state index >= 15 is 0 Å². The highest BCUT2D eigenvalue weighted by atomic mass is 35.5. The lowest BCUT2D eigenvalue weighted by Crippen LogP contribution is -2.47. The molecule has 1 saturated heterocycles. The number of fused-ring (bicyclic) bond motifs is 2. The molecule has 0 bridgehead atoms. The highest BCUT2D eigenvalue weighted by Gasteiger charge is 2.46. The van der Waals surface area contributed by atoms with E-state index in [9.17, 15) is 4.79 Å². The number of rotatable bonds is 0. The Bertz CT molecular complexity index is 413. The maximum atomic E-state index is 12.1. The molecule has 1 fully saturated rings. The average Bonchev–Trinajstić information content (AvgIpc) is 2.55. The summed E-state index contributed by atoms with van der Waals surface area (Å²) in [4.78, 5) is 12.1. The summed E-state index contributed by atoms with van der Waals surface area (Å²) in [6.07, 6.45) is 2.03. The Morgan fingerprint density at radius 2 is 2.06 bits per heavy atom. The molecule has 2 aliphatic rings. The number of benzene rings is 1. The summed E-state index contributed by atoms with van der Waals surface area (Å²) in [5, 5.41) is 6.31. The Balaban J connectivity index is 0.000000963. The zero-order chi connectivity index (χ0) is 10.3. The Labute approximate surface area is 101 Å². The normalized spacial score (nSPS) is 27.1. The Morgan fingerprint density at radius 3 is 2.81 bits per heavy atom. The van der Waals surface area contributed by atoms with Gasteiger partial charge in [-0.15, -0.1) is 12.4 Å². The van der Waals surface area contributed by atoms with Crippen molar-refractivity contribution in [1.29, 1.82) is 0 Å². The standard InChI is InChI=1S/C12H14N2O.ClH/c15-11-12(6-3-7-13-8-12)9-4-1-2-5-10(9)14-11;/h1-2,4-5,13H,3,6-8H2,(H,14,15);1H. The number of hydrogen-bond donors (Lipinski definition) is 2. The molecule has 1 unspecified atom stereocenters. The monoisotopic (exact) mass is 238 g/mol.